The van der Waals surface area contributed by atoms with E-state index < -0.39 is 11.9 Å². The van der Waals surface area contributed by atoms with Crippen LogP contribution in [0.5, 0.6) is 0 Å². The van der Waals surface area contributed by atoms with Gasteiger partial charge >= 0.3 is 11.9 Å². The van der Waals surface area contributed by atoms with E-state index in [4.69, 9.17) is 21.1 Å². The molecule has 1 aromatic carbocycles. The van der Waals surface area contributed by atoms with Gasteiger partial charge in [0.25, 0.3) is 0 Å². The summed E-state index contributed by atoms with van der Waals surface area (Å²) in [6.07, 6.45) is 0. The Morgan fingerprint density at radius 1 is 0.964 bits per heavy atom. The second-order valence-corrected chi connectivity index (χ2v) is 6.90. The van der Waals surface area contributed by atoms with E-state index in [1.807, 2.05) is 0 Å². The van der Waals surface area contributed by atoms with Crippen molar-refractivity contribution in [2.45, 2.75) is 13.8 Å². The Labute approximate surface area is 166 Å². The largest absolute Gasteiger partial charge is 0.461 e. The quantitative estimate of drug-likeness (QED) is 0.463. The van der Waals surface area contributed by atoms with Crippen molar-refractivity contribution in [2.75, 3.05) is 13.2 Å². The molecular weight excluding hydrogens is 408 g/mol. The first-order valence-electron chi connectivity index (χ1n) is 8.28. The minimum atomic E-state index is -0.626. The lowest BCUT2D eigenvalue weighted by Gasteiger charge is -1.97. The molecule has 0 saturated carbocycles. The van der Waals surface area contributed by atoms with Gasteiger partial charge in [0.05, 0.1) is 24.2 Å². The summed E-state index contributed by atoms with van der Waals surface area (Å²) in [5, 5.41) is 16.6. The Balaban J connectivity index is 2.16. The maximum Gasteiger partial charge on any atom is 0.362 e. The Hall–Kier alpha value is -3.05. The number of fused-ring (bicyclic) bond motifs is 5. The van der Waals surface area contributed by atoms with Crippen molar-refractivity contribution in [1.82, 2.24) is 29.7 Å². The number of rotatable bonds is 4. The number of benzene rings is 1. The van der Waals surface area contributed by atoms with Gasteiger partial charge in [-0.15, -0.1) is 10.2 Å². The molecule has 3 aromatic heterocycles. The van der Waals surface area contributed by atoms with Gasteiger partial charge in [0, 0.05) is 5.02 Å². The average molecular weight is 421 g/mol. The van der Waals surface area contributed by atoms with Crippen molar-refractivity contribution in [3.05, 3.63) is 34.6 Å². The van der Waals surface area contributed by atoms with Crippen LogP contribution in [-0.2, 0) is 9.47 Å². The van der Waals surface area contributed by atoms with Gasteiger partial charge in [0.1, 0.15) is 0 Å². The van der Waals surface area contributed by atoms with E-state index in [2.05, 4.69) is 20.6 Å². The van der Waals surface area contributed by atoms with Crippen LogP contribution >= 0.6 is 22.9 Å². The first-order valence-corrected chi connectivity index (χ1v) is 9.48. The molecule has 144 valence electrons. The van der Waals surface area contributed by atoms with Crippen LogP contribution in [0.3, 0.4) is 0 Å². The Kier molecular flexibility index (Phi) is 4.69. The van der Waals surface area contributed by atoms with Crippen molar-refractivity contribution in [3.63, 3.8) is 0 Å². The SMILES string of the molecule is CCOC(=O)c1nnn2c1sc1c(C(=O)OCC)nnn1c1cc(Cl)ccc12. The number of nitrogens with zero attached hydrogens (tertiary/aromatic N) is 6. The van der Waals surface area contributed by atoms with Crippen LogP contribution in [0, 0.1) is 0 Å². The molecule has 0 spiro atoms. The van der Waals surface area contributed by atoms with Crippen LogP contribution in [0.4, 0.5) is 0 Å². The lowest BCUT2D eigenvalue weighted by Crippen LogP contribution is -2.06. The van der Waals surface area contributed by atoms with Crippen LogP contribution in [-0.4, -0.2) is 54.8 Å². The summed E-state index contributed by atoms with van der Waals surface area (Å²) < 4.78 is 13.1. The zero-order chi connectivity index (χ0) is 19.8. The number of hydrogen-bond acceptors (Lipinski definition) is 9. The number of halogens is 1. The molecule has 0 atom stereocenters. The average Bonchev–Trinajstić information content (AvgIpc) is 3.24. The van der Waals surface area contributed by atoms with Crippen molar-refractivity contribution in [1.29, 1.82) is 0 Å². The standard InChI is InChI=1S/C16H13ClN6O4S/c1-3-26-15(24)11-13-22(20-18-11)9-6-5-8(17)7-10(9)23-14(28-13)12(19-21-23)16(25)27-4-2/h5-7H,3-4H2,1-2H3. The van der Waals surface area contributed by atoms with Crippen molar-refractivity contribution in [3.8, 4) is 0 Å². The molecule has 0 fully saturated rings. The highest BCUT2D eigenvalue weighted by Crippen LogP contribution is 2.27. The maximum absolute atomic E-state index is 12.3. The summed E-state index contributed by atoms with van der Waals surface area (Å²) in [4.78, 5) is 25.4. The molecule has 0 unspecified atom stereocenters. The second kappa shape index (κ2) is 7.17. The van der Waals surface area contributed by atoms with E-state index in [9.17, 15) is 9.59 Å². The third-order valence-electron chi connectivity index (χ3n) is 3.78. The van der Waals surface area contributed by atoms with Crippen LogP contribution in [0.25, 0.3) is 20.7 Å². The molecule has 12 heteroatoms. The molecule has 0 aliphatic rings. The zero-order valence-electron chi connectivity index (χ0n) is 14.7. The van der Waals surface area contributed by atoms with Gasteiger partial charge in [-0.3, -0.25) is 0 Å². The van der Waals surface area contributed by atoms with Gasteiger partial charge < -0.3 is 9.47 Å². The highest BCUT2D eigenvalue weighted by molar-refractivity contribution is 7.22. The second-order valence-electron chi connectivity index (χ2n) is 5.49. The number of hydrogen-bond donors (Lipinski definition) is 0. The van der Waals surface area contributed by atoms with E-state index in [0.29, 0.717) is 25.7 Å². The third kappa shape index (κ3) is 2.88. The number of ether oxygens (including phenoxy) is 2. The zero-order valence-corrected chi connectivity index (χ0v) is 16.3. The molecule has 4 rings (SSSR count). The van der Waals surface area contributed by atoms with Gasteiger partial charge in [-0.05, 0) is 32.0 Å². The molecule has 0 aliphatic carbocycles. The summed E-state index contributed by atoms with van der Waals surface area (Å²) >= 11 is 7.23. The fourth-order valence-corrected chi connectivity index (χ4v) is 3.87. The minimum Gasteiger partial charge on any atom is -0.461 e. The summed E-state index contributed by atoms with van der Waals surface area (Å²) in [5.74, 6) is -1.25. The predicted octanol–water partition coefficient (Wildman–Crippen LogP) is 2.56. The molecule has 0 N–H and O–H groups in total. The third-order valence-corrected chi connectivity index (χ3v) is 5.14. The van der Waals surface area contributed by atoms with Crippen molar-refractivity contribution >= 4 is 55.6 Å². The van der Waals surface area contributed by atoms with Gasteiger partial charge in [0.15, 0.2) is 9.66 Å². The predicted molar refractivity (Wildman–Crippen MR) is 101 cm³/mol. The van der Waals surface area contributed by atoms with E-state index in [1.165, 1.54) is 9.03 Å². The molecule has 0 amide bonds. The number of esters is 2. The molecule has 0 bridgehead atoms. The van der Waals surface area contributed by atoms with Gasteiger partial charge in [-0.2, -0.15) is 0 Å². The summed E-state index contributed by atoms with van der Waals surface area (Å²) in [7, 11) is 0. The Bertz CT molecular complexity index is 1260. The topological polar surface area (TPSA) is 113 Å². The molecule has 28 heavy (non-hydrogen) atoms. The Morgan fingerprint density at radius 3 is 2.04 bits per heavy atom. The normalized spacial score (nSPS) is 11.2. The summed E-state index contributed by atoms with van der Waals surface area (Å²) in [6.45, 7) is 3.77. The summed E-state index contributed by atoms with van der Waals surface area (Å²) in [5.41, 5.74) is 1.13. The van der Waals surface area contributed by atoms with Gasteiger partial charge in [-0.1, -0.05) is 33.4 Å². The van der Waals surface area contributed by atoms with Crippen molar-refractivity contribution in [2.24, 2.45) is 0 Å². The van der Waals surface area contributed by atoms with E-state index in [1.54, 1.807) is 32.0 Å². The van der Waals surface area contributed by atoms with Crippen molar-refractivity contribution < 1.29 is 19.1 Å². The first kappa shape index (κ1) is 18.3. The molecular formula is C16H13ClN6O4S. The van der Waals surface area contributed by atoms with E-state index in [0.717, 1.165) is 11.3 Å². The monoisotopic (exact) mass is 420 g/mol. The molecule has 0 radical (unpaired) electrons. The Morgan fingerprint density at radius 2 is 1.50 bits per heavy atom. The highest BCUT2D eigenvalue weighted by atomic mass is 35.5. The molecule has 0 saturated heterocycles. The van der Waals surface area contributed by atoms with E-state index >= 15 is 0 Å². The molecule has 10 nitrogen and oxygen atoms in total. The number of aromatic nitrogens is 6. The summed E-state index contributed by atoms with van der Waals surface area (Å²) in [6, 6.07) is 5.05. The smallest absolute Gasteiger partial charge is 0.362 e. The lowest BCUT2D eigenvalue weighted by atomic mass is 10.3. The number of carbonyl (C=O) groups is 2. The fraction of sp³-hybridized carbons (Fsp3) is 0.250. The van der Waals surface area contributed by atoms with Crippen LogP contribution < -0.4 is 0 Å². The number of carbonyl (C=O) groups excluding carboxylic acids is 2. The van der Waals surface area contributed by atoms with E-state index in [-0.39, 0.29) is 24.6 Å². The first-order chi connectivity index (χ1) is 13.5. The van der Waals surface area contributed by atoms with Crippen LogP contribution in [0.2, 0.25) is 5.02 Å². The highest BCUT2D eigenvalue weighted by Gasteiger charge is 2.23. The minimum absolute atomic E-state index is 0.0160. The van der Waals surface area contributed by atoms with Gasteiger partial charge in [-0.25, -0.2) is 18.6 Å². The van der Waals surface area contributed by atoms with Gasteiger partial charge in [0.2, 0.25) is 11.4 Å². The molecule has 0 aliphatic heterocycles. The lowest BCUT2D eigenvalue weighted by molar-refractivity contribution is 0.0512. The van der Waals surface area contributed by atoms with Crippen LogP contribution in [0.15, 0.2) is 18.2 Å². The fourth-order valence-electron chi connectivity index (χ4n) is 2.64. The molecule has 3 heterocycles. The maximum atomic E-state index is 12.3. The van der Waals surface area contributed by atoms with Crippen LogP contribution in [0.1, 0.15) is 34.8 Å². The molecule has 4 aromatic rings.